The minimum Gasteiger partial charge on any atom is -0.220 e. The van der Waals surface area contributed by atoms with Gasteiger partial charge in [0.2, 0.25) is 0 Å². The van der Waals surface area contributed by atoms with E-state index in [0.717, 1.165) is 11.4 Å². The van der Waals surface area contributed by atoms with Gasteiger partial charge in [0, 0.05) is 0 Å². The van der Waals surface area contributed by atoms with E-state index in [0.29, 0.717) is 5.92 Å². The van der Waals surface area contributed by atoms with Crippen LogP contribution in [0.5, 0.6) is 0 Å². The summed E-state index contributed by atoms with van der Waals surface area (Å²) in [5, 5.41) is 8.34. The molecule has 3 nitrogen and oxygen atoms in total. The fourth-order valence-electron chi connectivity index (χ4n) is 1.78. The Labute approximate surface area is 109 Å². The van der Waals surface area contributed by atoms with E-state index in [1.165, 1.54) is 5.56 Å². The van der Waals surface area contributed by atoms with Gasteiger partial charge in [-0.05, 0) is 29.0 Å². The number of aromatic nitrogens is 3. The summed E-state index contributed by atoms with van der Waals surface area (Å²) in [4.78, 5) is 0. The van der Waals surface area contributed by atoms with Crippen molar-refractivity contribution in [2.45, 2.75) is 46.0 Å². The maximum absolute atomic E-state index is 4.18. The molecule has 3 heteroatoms. The average Bonchev–Trinajstić information content (AvgIpc) is 2.77. The van der Waals surface area contributed by atoms with Crippen molar-refractivity contribution < 1.29 is 0 Å². The summed E-state index contributed by atoms with van der Waals surface area (Å²) in [7, 11) is 0. The van der Waals surface area contributed by atoms with Crippen molar-refractivity contribution in [3.63, 3.8) is 0 Å². The third-order valence-corrected chi connectivity index (χ3v) is 3.10. The van der Waals surface area contributed by atoms with Crippen molar-refractivity contribution in [1.29, 1.82) is 0 Å². The molecule has 0 saturated carbocycles. The highest BCUT2D eigenvalue weighted by Gasteiger charge is 2.13. The first-order valence-corrected chi connectivity index (χ1v) is 6.41. The molecule has 1 aromatic heterocycles. The van der Waals surface area contributed by atoms with Crippen molar-refractivity contribution in [3.05, 3.63) is 41.7 Å². The fourth-order valence-corrected chi connectivity index (χ4v) is 1.78. The molecule has 0 N–H and O–H groups in total. The summed E-state index contributed by atoms with van der Waals surface area (Å²) >= 11 is 0. The molecule has 0 saturated heterocycles. The largest absolute Gasteiger partial charge is 0.220 e. The zero-order valence-corrected chi connectivity index (χ0v) is 11.8. The quantitative estimate of drug-likeness (QED) is 0.805. The second kappa shape index (κ2) is 4.56. The molecule has 1 heterocycles. The predicted octanol–water partition coefficient (Wildman–Crippen LogP) is 3.69. The van der Waals surface area contributed by atoms with Gasteiger partial charge in [-0.25, -0.2) is 4.68 Å². The van der Waals surface area contributed by atoms with E-state index in [1.54, 1.807) is 0 Å². The normalized spacial score (nSPS) is 12.1. The molecular weight excluding hydrogens is 222 g/mol. The standard InChI is InChI=1S/C15H21N3/c1-11(2)14-10-18(17-16-14)13-8-6-12(7-9-13)15(3,4)5/h6-11H,1-5H3. The number of hydrogen-bond donors (Lipinski definition) is 0. The first-order valence-electron chi connectivity index (χ1n) is 6.41. The van der Waals surface area contributed by atoms with Crippen LogP contribution >= 0.6 is 0 Å². The summed E-state index contributed by atoms with van der Waals surface area (Å²) in [5.74, 6) is 0.410. The fraction of sp³-hybridized carbons (Fsp3) is 0.467. The molecule has 0 radical (unpaired) electrons. The maximum Gasteiger partial charge on any atom is 0.0857 e. The van der Waals surface area contributed by atoms with Crippen molar-refractivity contribution in [2.75, 3.05) is 0 Å². The van der Waals surface area contributed by atoms with Crippen molar-refractivity contribution in [1.82, 2.24) is 15.0 Å². The van der Waals surface area contributed by atoms with Gasteiger partial charge in [0.15, 0.2) is 0 Å². The topological polar surface area (TPSA) is 30.7 Å². The lowest BCUT2D eigenvalue weighted by molar-refractivity contribution is 0.590. The van der Waals surface area contributed by atoms with Crippen molar-refractivity contribution in [3.8, 4) is 5.69 Å². The monoisotopic (exact) mass is 243 g/mol. The number of hydrogen-bond acceptors (Lipinski definition) is 2. The summed E-state index contributed by atoms with van der Waals surface area (Å²) < 4.78 is 1.84. The number of benzene rings is 1. The van der Waals surface area contributed by atoms with E-state index in [9.17, 15) is 0 Å². The Morgan fingerprint density at radius 2 is 1.67 bits per heavy atom. The van der Waals surface area contributed by atoms with Crippen LogP contribution in [-0.4, -0.2) is 15.0 Å². The Balaban J connectivity index is 2.29. The second-order valence-electron chi connectivity index (χ2n) is 6.04. The second-order valence-corrected chi connectivity index (χ2v) is 6.04. The van der Waals surface area contributed by atoms with Gasteiger partial charge in [-0.15, -0.1) is 5.10 Å². The number of rotatable bonds is 2. The minimum atomic E-state index is 0.185. The Morgan fingerprint density at radius 3 is 2.11 bits per heavy atom. The first kappa shape index (κ1) is 12.8. The molecule has 1 aromatic carbocycles. The average molecular weight is 243 g/mol. The van der Waals surface area contributed by atoms with E-state index in [1.807, 2.05) is 10.9 Å². The van der Waals surface area contributed by atoms with Gasteiger partial charge in [-0.1, -0.05) is 52.0 Å². The Morgan fingerprint density at radius 1 is 1.06 bits per heavy atom. The van der Waals surface area contributed by atoms with Crippen molar-refractivity contribution >= 4 is 0 Å². The van der Waals surface area contributed by atoms with Crippen LogP contribution in [0.1, 0.15) is 51.8 Å². The molecule has 2 rings (SSSR count). The van der Waals surface area contributed by atoms with Crippen LogP contribution in [0.2, 0.25) is 0 Å². The van der Waals surface area contributed by atoms with Crippen LogP contribution in [0.3, 0.4) is 0 Å². The van der Waals surface area contributed by atoms with Crippen LogP contribution in [-0.2, 0) is 5.41 Å². The van der Waals surface area contributed by atoms with Gasteiger partial charge in [0.05, 0.1) is 17.6 Å². The van der Waals surface area contributed by atoms with E-state index >= 15 is 0 Å². The van der Waals surface area contributed by atoms with Crippen LogP contribution in [0.4, 0.5) is 0 Å². The van der Waals surface area contributed by atoms with Crippen LogP contribution in [0.15, 0.2) is 30.5 Å². The first-order chi connectivity index (χ1) is 8.38. The summed E-state index contributed by atoms with van der Waals surface area (Å²) in [6.07, 6.45) is 2.00. The number of nitrogens with zero attached hydrogens (tertiary/aromatic N) is 3. The molecule has 0 aliphatic rings. The van der Waals surface area contributed by atoms with E-state index in [2.05, 4.69) is 69.2 Å². The smallest absolute Gasteiger partial charge is 0.0857 e. The highest BCUT2D eigenvalue weighted by Crippen LogP contribution is 2.23. The predicted molar refractivity (Wildman–Crippen MR) is 74.1 cm³/mol. The molecule has 0 aliphatic heterocycles. The molecule has 0 fully saturated rings. The lowest BCUT2D eigenvalue weighted by Crippen LogP contribution is -2.10. The maximum atomic E-state index is 4.18. The molecule has 0 amide bonds. The lowest BCUT2D eigenvalue weighted by Gasteiger charge is -2.19. The summed E-state index contributed by atoms with van der Waals surface area (Å²) in [5.41, 5.74) is 3.59. The van der Waals surface area contributed by atoms with E-state index in [-0.39, 0.29) is 5.41 Å². The molecule has 0 aliphatic carbocycles. The molecule has 96 valence electrons. The molecule has 0 spiro atoms. The third-order valence-electron chi connectivity index (χ3n) is 3.10. The lowest BCUT2D eigenvalue weighted by atomic mass is 9.87. The molecule has 0 bridgehead atoms. The Hall–Kier alpha value is -1.64. The van der Waals surface area contributed by atoms with Crippen molar-refractivity contribution in [2.24, 2.45) is 0 Å². The van der Waals surface area contributed by atoms with Gasteiger partial charge in [0.1, 0.15) is 0 Å². The van der Waals surface area contributed by atoms with Crippen LogP contribution in [0.25, 0.3) is 5.69 Å². The van der Waals surface area contributed by atoms with Crippen LogP contribution in [0, 0.1) is 0 Å². The summed E-state index contributed by atoms with van der Waals surface area (Å²) in [6.45, 7) is 10.9. The molecular formula is C15H21N3. The minimum absolute atomic E-state index is 0.185. The third kappa shape index (κ3) is 2.61. The van der Waals surface area contributed by atoms with E-state index in [4.69, 9.17) is 0 Å². The SMILES string of the molecule is CC(C)c1cn(-c2ccc(C(C)(C)C)cc2)nn1. The van der Waals surface area contributed by atoms with Gasteiger partial charge in [-0.3, -0.25) is 0 Å². The Bertz CT molecular complexity index is 515. The van der Waals surface area contributed by atoms with Gasteiger partial charge in [-0.2, -0.15) is 0 Å². The zero-order valence-electron chi connectivity index (χ0n) is 11.8. The zero-order chi connectivity index (χ0) is 13.3. The summed E-state index contributed by atoms with van der Waals surface area (Å²) in [6, 6.07) is 8.51. The highest BCUT2D eigenvalue weighted by atomic mass is 15.4. The molecule has 0 atom stereocenters. The van der Waals surface area contributed by atoms with Gasteiger partial charge in [0.25, 0.3) is 0 Å². The Kier molecular flexibility index (Phi) is 3.24. The van der Waals surface area contributed by atoms with Gasteiger partial charge < -0.3 is 0 Å². The molecule has 0 unspecified atom stereocenters. The van der Waals surface area contributed by atoms with Crippen LogP contribution < -0.4 is 0 Å². The highest BCUT2D eigenvalue weighted by molar-refractivity contribution is 5.36. The molecule has 18 heavy (non-hydrogen) atoms. The van der Waals surface area contributed by atoms with E-state index < -0.39 is 0 Å². The molecule has 2 aromatic rings. The van der Waals surface area contributed by atoms with Gasteiger partial charge >= 0.3 is 0 Å².